The van der Waals surface area contributed by atoms with Crippen molar-refractivity contribution < 1.29 is 27.2 Å². The van der Waals surface area contributed by atoms with Crippen molar-refractivity contribution in [3.8, 4) is 5.69 Å². The van der Waals surface area contributed by atoms with E-state index in [0.717, 1.165) is 0 Å². The molecule has 0 amide bonds. The molecular formula is C17H13F4NO2. The fourth-order valence-corrected chi connectivity index (χ4v) is 3.15. The van der Waals surface area contributed by atoms with E-state index in [2.05, 4.69) is 0 Å². The van der Waals surface area contributed by atoms with Crippen LogP contribution in [0.25, 0.3) is 5.69 Å². The molecule has 1 aromatic carbocycles. The molecule has 0 radical (unpaired) electrons. The van der Waals surface area contributed by atoms with E-state index in [1.165, 1.54) is 30.3 Å². The second kappa shape index (κ2) is 5.58. The number of halogens is 4. The minimum absolute atomic E-state index is 0.130. The number of nitrogens with zero attached hydrogens (tertiary/aromatic N) is 1. The third kappa shape index (κ3) is 2.64. The van der Waals surface area contributed by atoms with Gasteiger partial charge in [-0.15, -0.1) is 0 Å². The predicted molar refractivity (Wildman–Crippen MR) is 77.7 cm³/mol. The average Bonchev–Trinajstić information content (AvgIpc) is 2.84. The van der Waals surface area contributed by atoms with Gasteiger partial charge in [-0.1, -0.05) is 0 Å². The molecule has 1 atom stereocenters. The molecule has 0 unspecified atom stereocenters. The van der Waals surface area contributed by atoms with Crippen LogP contribution in [-0.4, -0.2) is 22.3 Å². The van der Waals surface area contributed by atoms with Crippen LogP contribution in [0.15, 0.2) is 30.3 Å². The van der Waals surface area contributed by atoms with Gasteiger partial charge in [0.1, 0.15) is 5.82 Å². The Hall–Kier alpha value is -2.44. The van der Waals surface area contributed by atoms with Crippen LogP contribution in [0.2, 0.25) is 0 Å². The van der Waals surface area contributed by atoms with E-state index in [4.69, 9.17) is 0 Å². The molecule has 0 spiro atoms. The van der Waals surface area contributed by atoms with Crippen molar-refractivity contribution in [1.29, 1.82) is 0 Å². The summed E-state index contributed by atoms with van der Waals surface area (Å²) in [4.78, 5) is 23.8. The first-order valence-electron chi connectivity index (χ1n) is 7.32. The fraction of sp³-hybridized carbons (Fsp3) is 0.294. The van der Waals surface area contributed by atoms with Crippen LogP contribution in [0.3, 0.4) is 0 Å². The maximum absolute atomic E-state index is 13.1. The highest BCUT2D eigenvalue weighted by atomic mass is 19.4. The molecule has 1 aliphatic rings. The van der Waals surface area contributed by atoms with Gasteiger partial charge in [-0.3, -0.25) is 9.59 Å². The Morgan fingerprint density at radius 1 is 1.21 bits per heavy atom. The van der Waals surface area contributed by atoms with Crippen LogP contribution in [0, 0.1) is 18.7 Å². The Labute approximate surface area is 134 Å². The maximum Gasteiger partial charge on any atom is 0.450 e. The first kappa shape index (κ1) is 16.4. The number of aromatic nitrogens is 1. The zero-order chi connectivity index (χ0) is 17.6. The van der Waals surface area contributed by atoms with Gasteiger partial charge in [0.25, 0.3) is 0 Å². The van der Waals surface area contributed by atoms with E-state index in [1.54, 1.807) is 11.5 Å². The lowest BCUT2D eigenvalue weighted by Crippen LogP contribution is -2.38. The summed E-state index contributed by atoms with van der Waals surface area (Å²) in [5.74, 6) is -4.89. The molecule has 0 saturated heterocycles. The molecular weight excluding hydrogens is 326 g/mol. The van der Waals surface area contributed by atoms with Gasteiger partial charge in [0.15, 0.2) is 5.78 Å². The number of hydrogen-bond acceptors (Lipinski definition) is 2. The van der Waals surface area contributed by atoms with Crippen LogP contribution in [0.1, 0.15) is 28.2 Å². The second-order valence-corrected chi connectivity index (χ2v) is 5.78. The molecule has 3 nitrogen and oxygen atoms in total. The zero-order valence-electron chi connectivity index (χ0n) is 12.7. The second-order valence-electron chi connectivity index (χ2n) is 5.78. The Balaban J connectivity index is 2.03. The zero-order valence-corrected chi connectivity index (χ0v) is 12.7. The Bertz CT molecular complexity index is 818. The predicted octanol–water partition coefficient (Wildman–Crippen LogP) is 3.80. The third-order valence-corrected chi connectivity index (χ3v) is 4.22. The summed E-state index contributed by atoms with van der Waals surface area (Å²) in [6.07, 6.45) is -5.04. The summed E-state index contributed by atoms with van der Waals surface area (Å²) in [6, 6.07) is 7.07. The monoisotopic (exact) mass is 339 g/mol. The van der Waals surface area contributed by atoms with Crippen molar-refractivity contribution in [2.45, 2.75) is 25.9 Å². The van der Waals surface area contributed by atoms with Crippen LogP contribution in [0.4, 0.5) is 17.6 Å². The molecule has 1 heterocycles. The number of hydrogen-bond donors (Lipinski definition) is 0. The third-order valence-electron chi connectivity index (χ3n) is 4.22. The number of ketones is 2. The SMILES string of the molecule is Cc1cc2c(n1-c1ccc(F)cc1)CC[C@@H](C(=O)C(F)(F)F)C2=O. The standard InChI is InChI=1S/C17H13F4NO2/c1-9-8-13-14(22(9)11-4-2-10(18)3-5-11)7-6-12(15(13)23)16(24)17(19,20)21/h2-5,8,12H,6-7H2,1H3/t12-/m1/s1. The van der Waals surface area contributed by atoms with E-state index in [1.807, 2.05) is 0 Å². The minimum atomic E-state index is -5.02. The molecule has 0 bridgehead atoms. The van der Waals surface area contributed by atoms with Crippen LogP contribution in [0.5, 0.6) is 0 Å². The molecule has 2 aromatic rings. The van der Waals surface area contributed by atoms with E-state index in [9.17, 15) is 27.2 Å². The van der Waals surface area contributed by atoms with Crippen molar-refractivity contribution in [1.82, 2.24) is 4.57 Å². The average molecular weight is 339 g/mol. The van der Waals surface area contributed by atoms with Crippen LogP contribution >= 0.6 is 0 Å². The molecule has 3 rings (SSSR count). The molecule has 1 aromatic heterocycles. The highest BCUT2D eigenvalue weighted by Gasteiger charge is 2.48. The number of benzene rings is 1. The smallest absolute Gasteiger partial charge is 0.317 e. The summed E-state index contributed by atoms with van der Waals surface area (Å²) >= 11 is 0. The number of Topliss-reactive ketones (excluding diaryl/α,β-unsaturated/α-hetero) is 2. The lowest BCUT2D eigenvalue weighted by atomic mass is 9.83. The van der Waals surface area contributed by atoms with Crippen molar-refractivity contribution in [2.24, 2.45) is 5.92 Å². The highest BCUT2D eigenvalue weighted by Crippen LogP contribution is 2.34. The fourth-order valence-electron chi connectivity index (χ4n) is 3.15. The van der Waals surface area contributed by atoms with Crippen molar-refractivity contribution in [3.63, 3.8) is 0 Å². The molecule has 0 saturated carbocycles. The van der Waals surface area contributed by atoms with Gasteiger partial charge >= 0.3 is 6.18 Å². The summed E-state index contributed by atoms with van der Waals surface area (Å²) in [5.41, 5.74) is 1.93. The van der Waals surface area contributed by atoms with E-state index >= 15 is 0 Å². The van der Waals surface area contributed by atoms with Gasteiger partial charge in [-0.25, -0.2) is 4.39 Å². The summed E-state index contributed by atoms with van der Waals surface area (Å²) < 4.78 is 52.7. The van der Waals surface area contributed by atoms with Gasteiger partial charge < -0.3 is 4.57 Å². The van der Waals surface area contributed by atoms with Crippen molar-refractivity contribution in [2.75, 3.05) is 0 Å². The summed E-state index contributed by atoms with van der Waals surface area (Å²) in [7, 11) is 0. The summed E-state index contributed by atoms with van der Waals surface area (Å²) in [6.45, 7) is 1.70. The number of carbonyl (C=O) groups excluding carboxylic acids is 2. The minimum Gasteiger partial charge on any atom is -0.317 e. The maximum atomic E-state index is 13.1. The molecule has 0 fully saturated rings. The molecule has 1 aliphatic carbocycles. The Kier molecular flexibility index (Phi) is 3.81. The molecule has 0 N–H and O–H groups in total. The van der Waals surface area contributed by atoms with E-state index in [0.29, 0.717) is 17.1 Å². The Morgan fingerprint density at radius 2 is 1.83 bits per heavy atom. The topological polar surface area (TPSA) is 39.1 Å². The number of rotatable bonds is 2. The van der Waals surface area contributed by atoms with Crippen molar-refractivity contribution >= 4 is 11.6 Å². The van der Waals surface area contributed by atoms with Gasteiger partial charge in [0, 0.05) is 22.6 Å². The largest absolute Gasteiger partial charge is 0.450 e. The van der Waals surface area contributed by atoms with Gasteiger partial charge in [0.2, 0.25) is 5.78 Å². The van der Waals surface area contributed by atoms with Crippen LogP contribution < -0.4 is 0 Å². The van der Waals surface area contributed by atoms with E-state index < -0.39 is 29.5 Å². The van der Waals surface area contributed by atoms with Gasteiger partial charge in [0.05, 0.1) is 5.92 Å². The molecule has 126 valence electrons. The van der Waals surface area contributed by atoms with E-state index in [-0.39, 0.29) is 18.4 Å². The van der Waals surface area contributed by atoms with Crippen molar-refractivity contribution in [3.05, 3.63) is 53.1 Å². The van der Waals surface area contributed by atoms with Gasteiger partial charge in [-0.2, -0.15) is 13.2 Å². The first-order valence-corrected chi connectivity index (χ1v) is 7.32. The quantitative estimate of drug-likeness (QED) is 0.617. The first-order chi connectivity index (χ1) is 11.2. The summed E-state index contributed by atoms with van der Waals surface area (Å²) in [5, 5.41) is 0. The number of alkyl halides is 3. The Morgan fingerprint density at radius 3 is 2.42 bits per heavy atom. The number of aryl methyl sites for hydroxylation is 1. The van der Waals surface area contributed by atoms with Crippen LogP contribution in [-0.2, 0) is 11.2 Å². The molecule has 24 heavy (non-hydrogen) atoms. The molecule has 0 aliphatic heterocycles. The number of fused-ring (bicyclic) bond motifs is 1. The lowest BCUT2D eigenvalue weighted by Gasteiger charge is -2.22. The number of carbonyl (C=O) groups is 2. The highest BCUT2D eigenvalue weighted by molar-refractivity contribution is 6.13. The van der Waals surface area contributed by atoms with Gasteiger partial charge in [-0.05, 0) is 50.1 Å². The normalized spacial score (nSPS) is 17.7. The lowest BCUT2D eigenvalue weighted by molar-refractivity contribution is -0.174. The molecule has 7 heteroatoms.